The van der Waals surface area contributed by atoms with Gasteiger partial charge in [-0.05, 0) is 24.6 Å². The fourth-order valence-electron chi connectivity index (χ4n) is 3.22. The van der Waals surface area contributed by atoms with Crippen LogP contribution in [0.15, 0.2) is 35.5 Å². The highest BCUT2D eigenvalue weighted by molar-refractivity contribution is 6.30. The number of nitrogens with zero attached hydrogens (tertiary/aromatic N) is 3. The second-order valence-corrected chi connectivity index (χ2v) is 6.92. The summed E-state index contributed by atoms with van der Waals surface area (Å²) in [6, 6.07) is 6.23. The smallest absolute Gasteiger partial charge is 0.322 e. The summed E-state index contributed by atoms with van der Waals surface area (Å²) >= 11 is 5.95. The van der Waals surface area contributed by atoms with Gasteiger partial charge in [-0.25, -0.2) is 4.79 Å². The van der Waals surface area contributed by atoms with Gasteiger partial charge < -0.3 is 15.1 Å². The molecule has 0 spiro atoms. The van der Waals surface area contributed by atoms with Crippen LogP contribution in [0.4, 0.5) is 4.79 Å². The van der Waals surface area contributed by atoms with E-state index in [2.05, 4.69) is 5.32 Å². The highest BCUT2D eigenvalue weighted by atomic mass is 35.5. The van der Waals surface area contributed by atoms with Gasteiger partial charge in [0.05, 0.1) is 23.9 Å². The van der Waals surface area contributed by atoms with E-state index in [4.69, 9.17) is 11.6 Å². The molecule has 1 N–H and O–H groups in total. The highest BCUT2D eigenvalue weighted by Gasteiger charge is 2.44. The number of carbonyl (C=O) groups is 3. The van der Waals surface area contributed by atoms with Crippen molar-refractivity contribution in [2.24, 2.45) is 0 Å². The Labute approximate surface area is 157 Å². The van der Waals surface area contributed by atoms with Gasteiger partial charge in [-0.1, -0.05) is 23.7 Å². The van der Waals surface area contributed by atoms with E-state index in [1.165, 1.54) is 9.80 Å². The fraction of sp³-hybridized carbons (Fsp3) is 0.389. The topological polar surface area (TPSA) is 73.0 Å². The van der Waals surface area contributed by atoms with Crippen molar-refractivity contribution in [1.82, 2.24) is 20.0 Å². The molecule has 0 fully saturated rings. The second kappa shape index (κ2) is 6.99. The van der Waals surface area contributed by atoms with E-state index in [-0.39, 0.29) is 30.9 Å². The molecule has 0 radical (unpaired) electrons. The third-order valence-corrected chi connectivity index (χ3v) is 4.89. The van der Waals surface area contributed by atoms with Gasteiger partial charge in [0.1, 0.15) is 6.54 Å². The summed E-state index contributed by atoms with van der Waals surface area (Å²) in [5.41, 5.74) is 1.95. The van der Waals surface area contributed by atoms with E-state index in [0.29, 0.717) is 22.8 Å². The zero-order chi connectivity index (χ0) is 19.0. The molecule has 0 bridgehead atoms. The summed E-state index contributed by atoms with van der Waals surface area (Å²) in [5.74, 6) is -0.392. The van der Waals surface area contributed by atoms with Gasteiger partial charge in [0.2, 0.25) is 5.91 Å². The maximum atomic E-state index is 13.0. The van der Waals surface area contributed by atoms with Crippen molar-refractivity contribution >= 4 is 29.4 Å². The molecule has 0 aromatic heterocycles. The molecule has 0 unspecified atom stereocenters. The highest BCUT2D eigenvalue weighted by Crippen LogP contribution is 2.36. The predicted molar refractivity (Wildman–Crippen MR) is 97.4 cm³/mol. The number of rotatable bonds is 4. The van der Waals surface area contributed by atoms with Gasteiger partial charge in [0.25, 0.3) is 5.91 Å². The van der Waals surface area contributed by atoms with Crippen molar-refractivity contribution in [2.75, 3.05) is 33.7 Å². The monoisotopic (exact) mass is 376 g/mol. The number of nitrogens with one attached hydrogen (secondary N) is 1. The van der Waals surface area contributed by atoms with Crippen molar-refractivity contribution in [1.29, 1.82) is 0 Å². The minimum absolute atomic E-state index is 0.0160. The van der Waals surface area contributed by atoms with Crippen LogP contribution < -0.4 is 5.32 Å². The Morgan fingerprint density at radius 1 is 1.27 bits per heavy atom. The van der Waals surface area contributed by atoms with E-state index in [1.807, 2.05) is 6.92 Å². The molecule has 2 heterocycles. The summed E-state index contributed by atoms with van der Waals surface area (Å²) in [5, 5.41) is 3.47. The molecule has 138 valence electrons. The first-order chi connectivity index (χ1) is 12.3. The molecule has 0 saturated heterocycles. The van der Waals surface area contributed by atoms with Crippen LogP contribution in [0.25, 0.3) is 0 Å². The summed E-state index contributed by atoms with van der Waals surface area (Å²) in [4.78, 5) is 42.1. The first-order valence-corrected chi connectivity index (χ1v) is 8.77. The maximum Gasteiger partial charge on any atom is 0.322 e. The SMILES string of the molecule is CCN1C(=O)N[C@H](c2ccc(Cl)cc2)C2=C1CN(CC(=O)N(C)C)C2=O. The average molecular weight is 377 g/mol. The van der Waals surface area contributed by atoms with Crippen molar-refractivity contribution < 1.29 is 14.4 Å². The Morgan fingerprint density at radius 3 is 2.50 bits per heavy atom. The third kappa shape index (κ3) is 3.14. The molecule has 2 aliphatic heterocycles. The Bertz CT molecular complexity index is 788. The van der Waals surface area contributed by atoms with Gasteiger partial charge in [0.15, 0.2) is 0 Å². The van der Waals surface area contributed by atoms with Crippen molar-refractivity contribution in [3.63, 3.8) is 0 Å². The normalized spacial score (nSPS) is 19.6. The number of benzene rings is 1. The number of likely N-dealkylation sites (N-methyl/N-ethyl adjacent to an activating group) is 2. The zero-order valence-corrected chi connectivity index (χ0v) is 15.7. The molecule has 7 nitrogen and oxygen atoms in total. The summed E-state index contributed by atoms with van der Waals surface area (Å²) < 4.78 is 0. The number of amides is 4. The summed E-state index contributed by atoms with van der Waals surface area (Å²) in [7, 11) is 3.30. The van der Waals surface area contributed by atoms with E-state index in [0.717, 1.165) is 5.56 Å². The van der Waals surface area contributed by atoms with E-state index in [1.54, 1.807) is 43.3 Å². The van der Waals surface area contributed by atoms with Gasteiger partial charge in [-0.15, -0.1) is 0 Å². The molecule has 4 amide bonds. The molecular formula is C18H21ClN4O3. The van der Waals surface area contributed by atoms with Crippen LogP contribution in [-0.4, -0.2) is 66.3 Å². The lowest BCUT2D eigenvalue weighted by atomic mass is 9.95. The van der Waals surface area contributed by atoms with Crippen molar-refractivity contribution in [2.45, 2.75) is 13.0 Å². The van der Waals surface area contributed by atoms with Crippen LogP contribution in [0, 0.1) is 0 Å². The number of hydrogen-bond acceptors (Lipinski definition) is 3. The second-order valence-electron chi connectivity index (χ2n) is 6.49. The van der Waals surface area contributed by atoms with E-state index < -0.39 is 6.04 Å². The van der Waals surface area contributed by atoms with Crippen LogP contribution in [0.3, 0.4) is 0 Å². The summed E-state index contributed by atoms with van der Waals surface area (Å²) in [6.45, 7) is 2.53. The Kier molecular flexibility index (Phi) is 4.91. The molecule has 1 atom stereocenters. The molecule has 1 aromatic carbocycles. The number of hydrogen-bond donors (Lipinski definition) is 1. The Balaban J connectivity index is 1.97. The van der Waals surface area contributed by atoms with Gasteiger partial charge in [-0.2, -0.15) is 0 Å². The van der Waals surface area contributed by atoms with E-state index >= 15 is 0 Å². The van der Waals surface area contributed by atoms with Gasteiger partial charge >= 0.3 is 6.03 Å². The fourth-order valence-corrected chi connectivity index (χ4v) is 3.35. The molecule has 0 saturated carbocycles. The van der Waals surface area contributed by atoms with Crippen molar-refractivity contribution in [3.05, 3.63) is 46.1 Å². The van der Waals surface area contributed by atoms with Gasteiger partial charge in [0, 0.05) is 25.7 Å². The number of halogens is 1. The lowest BCUT2D eigenvalue weighted by Crippen LogP contribution is -2.47. The average Bonchev–Trinajstić information content (AvgIpc) is 2.91. The van der Waals surface area contributed by atoms with Crippen LogP contribution in [0.5, 0.6) is 0 Å². The van der Waals surface area contributed by atoms with E-state index in [9.17, 15) is 14.4 Å². The third-order valence-electron chi connectivity index (χ3n) is 4.64. The quantitative estimate of drug-likeness (QED) is 0.867. The lowest BCUT2D eigenvalue weighted by Gasteiger charge is -2.32. The van der Waals surface area contributed by atoms with Crippen molar-refractivity contribution in [3.8, 4) is 0 Å². The maximum absolute atomic E-state index is 13.0. The zero-order valence-electron chi connectivity index (χ0n) is 15.0. The molecule has 0 aliphatic carbocycles. The van der Waals surface area contributed by atoms with Gasteiger partial charge in [-0.3, -0.25) is 14.5 Å². The molecule has 8 heteroatoms. The Morgan fingerprint density at radius 2 is 1.92 bits per heavy atom. The molecular weight excluding hydrogens is 356 g/mol. The largest absolute Gasteiger partial charge is 0.347 e. The first kappa shape index (κ1) is 18.3. The molecule has 2 aliphatic rings. The number of urea groups is 1. The predicted octanol–water partition coefficient (Wildman–Crippen LogP) is 1.61. The minimum Gasteiger partial charge on any atom is -0.347 e. The van der Waals surface area contributed by atoms with Crippen LogP contribution in [-0.2, 0) is 9.59 Å². The minimum atomic E-state index is -0.551. The standard InChI is InChI=1S/C18H21ClN4O3/c1-4-23-13-9-22(10-14(24)21(2)3)17(25)15(13)16(20-18(23)26)11-5-7-12(19)8-6-11/h5-8,16H,4,9-10H2,1-3H3,(H,20,26)/t16-/m1/s1. The van der Waals surface area contributed by atoms with Crippen LogP contribution in [0.2, 0.25) is 5.02 Å². The molecule has 26 heavy (non-hydrogen) atoms. The lowest BCUT2D eigenvalue weighted by molar-refractivity contribution is -0.136. The molecule has 3 rings (SSSR count). The van der Waals surface area contributed by atoms with Crippen LogP contribution in [0.1, 0.15) is 18.5 Å². The molecule has 1 aromatic rings. The van der Waals surface area contributed by atoms with Crippen LogP contribution >= 0.6 is 11.6 Å². The number of carbonyl (C=O) groups excluding carboxylic acids is 3. The Hall–Kier alpha value is -2.54. The summed E-state index contributed by atoms with van der Waals surface area (Å²) in [6.07, 6.45) is 0. The first-order valence-electron chi connectivity index (χ1n) is 8.39.